The Kier molecular flexibility index (Phi) is 5.62. The van der Waals surface area contributed by atoms with Crippen molar-refractivity contribution in [2.45, 2.75) is 18.9 Å². The molecule has 1 amide bonds. The number of piperidine rings is 1. The average Bonchev–Trinajstić information content (AvgIpc) is 2.78. The number of anilines is 1. The van der Waals surface area contributed by atoms with Crippen molar-refractivity contribution in [3.05, 3.63) is 52.4 Å². The number of nitrogens with zero attached hydrogens (tertiary/aromatic N) is 2. The van der Waals surface area contributed by atoms with Crippen molar-refractivity contribution in [3.63, 3.8) is 0 Å². The molecular formula is C22H23N3O4S2. The van der Waals surface area contributed by atoms with Crippen LogP contribution in [-0.4, -0.2) is 51.8 Å². The van der Waals surface area contributed by atoms with Crippen LogP contribution in [0.4, 0.5) is 5.69 Å². The van der Waals surface area contributed by atoms with Crippen LogP contribution in [-0.2, 0) is 11.3 Å². The number of ether oxygens (including phenoxy) is 2. The van der Waals surface area contributed by atoms with E-state index >= 15 is 0 Å². The Morgan fingerprint density at radius 2 is 1.97 bits per heavy atom. The topological polar surface area (TPSA) is 72.8 Å². The number of nitrogens with one attached hydrogen (secondary N) is 1. The van der Waals surface area contributed by atoms with Crippen molar-refractivity contribution in [2.24, 2.45) is 5.92 Å². The summed E-state index contributed by atoms with van der Waals surface area (Å²) in [6.07, 6.45) is 1.08. The van der Waals surface area contributed by atoms with Crippen molar-refractivity contribution in [2.75, 3.05) is 37.4 Å². The first-order chi connectivity index (χ1) is 15.1. The predicted octanol–water partition coefficient (Wildman–Crippen LogP) is 2.70. The number of hydrogen-bond acceptors (Lipinski definition) is 6. The molecule has 162 valence electrons. The lowest BCUT2D eigenvalue weighted by molar-refractivity contribution is -0.113. The molecule has 2 aromatic rings. The highest BCUT2D eigenvalue weighted by molar-refractivity contribution is 8.23. The van der Waals surface area contributed by atoms with Gasteiger partial charge >= 0.3 is 0 Å². The molecule has 1 saturated heterocycles. The van der Waals surface area contributed by atoms with Crippen LogP contribution >= 0.6 is 24.0 Å². The molecule has 4 heterocycles. The summed E-state index contributed by atoms with van der Waals surface area (Å²) in [5, 5.41) is 2.90. The standard InChI is InChI=1S/C22H23N3O4S2/c26-20(23-16-4-5-18-19(9-16)29-7-6-28-18)13-31-22(30)24-10-14-8-15(12-24)17-2-1-3-21(27)25(17)11-14/h1-5,9,14-15H,6-8,10-13H2,(H,23,26)/t14-,15-/m1/s1. The first-order valence-corrected chi connectivity index (χ1v) is 11.8. The first kappa shape index (κ1) is 20.4. The second-order valence-electron chi connectivity index (χ2n) is 8.06. The number of pyridine rings is 1. The summed E-state index contributed by atoms with van der Waals surface area (Å²) in [7, 11) is 0. The molecule has 0 spiro atoms. The van der Waals surface area contributed by atoms with Gasteiger partial charge in [0.05, 0.1) is 5.75 Å². The predicted molar refractivity (Wildman–Crippen MR) is 124 cm³/mol. The maximum absolute atomic E-state index is 12.4. The third kappa shape index (κ3) is 4.29. The summed E-state index contributed by atoms with van der Waals surface area (Å²) in [6.45, 7) is 3.39. The number of fused-ring (bicyclic) bond motifs is 5. The van der Waals surface area contributed by atoms with Crippen LogP contribution in [0.3, 0.4) is 0 Å². The van der Waals surface area contributed by atoms with E-state index in [1.54, 1.807) is 24.3 Å². The molecule has 1 N–H and O–H groups in total. The van der Waals surface area contributed by atoms with Crippen LogP contribution in [0.2, 0.25) is 0 Å². The van der Waals surface area contributed by atoms with Crippen LogP contribution in [0.15, 0.2) is 41.2 Å². The summed E-state index contributed by atoms with van der Waals surface area (Å²) >= 11 is 7.03. The molecular weight excluding hydrogens is 434 g/mol. The molecule has 9 heteroatoms. The van der Waals surface area contributed by atoms with Gasteiger partial charge in [-0.25, -0.2) is 0 Å². The van der Waals surface area contributed by atoms with Gasteiger partial charge in [0.2, 0.25) is 5.91 Å². The number of likely N-dealkylation sites (tertiary alicyclic amines) is 1. The molecule has 7 nitrogen and oxygen atoms in total. The largest absolute Gasteiger partial charge is 0.486 e. The molecule has 1 aromatic heterocycles. The lowest BCUT2D eigenvalue weighted by Gasteiger charge is -2.43. The molecule has 3 aliphatic rings. The van der Waals surface area contributed by atoms with E-state index in [1.807, 2.05) is 16.7 Å². The molecule has 0 saturated carbocycles. The Balaban J connectivity index is 1.17. The van der Waals surface area contributed by atoms with Crippen molar-refractivity contribution in [1.29, 1.82) is 0 Å². The van der Waals surface area contributed by atoms with Crippen LogP contribution in [0.5, 0.6) is 11.5 Å². The molecule has 2 bridgehead atoms. The van der Waals surface area contributed by atoms with Gasteiger partial charge in [0.1, 0.15) is 17.5 Å². The van der Waals surface area contributed by atoms with Crippen LogP contribution < -0.4 is 20.3 Å². The van der Waals surface area contributed by atoms with Gasteiger partial charge in [0, 0.05) is 49.1 Å². The normalized spacial score (nSPS) is 21.2. The van der Waals surface area contributed by atoms with Crippen molar-refractivity contribution >= 4 is 39.9 Å². The molecule has 31 heavy (non-hydrogen) atoms. The Hall–Kier alpha value is -2.52. The molecule has 3 aliphatic heterocycles. The highest BCUT2D eigenvalue weighted by Crippen LogP contribution is 2.36. The average molecular weight is 458 g/mol. The summed E-state index contributed by atoms with van der Waals surface area (Å²) in [6, 6.07) is 10.9. The molecule has 1 fully saturated rings. The Morgan fingerprint density at radius 3 is 2.84 bits per heavy atom. The second-order valence-corrected chi connectivity index (χ2v) is 9.67. The third-order valence-corrected chi connectivity index (χ3v) is 7.41. The number of hydrogen-bond donors (Lipinski definition) is 1. The molecule has 1 aromatic carbocycles. The maximum atomic E-state index is 12.4. The lowest BCUT2D eigenvalue weighted by Crippen LogP contribution is -2.48. The van der Waals surface area contributed by atoms with E-state index < -0.39 is 0 Å². The number of thioether (sulfide) groups is 1. The maximum Gasteiger partial charge on any atom is 0.250 e. The number of carbonyl (C=O) groups excluding carboxylic acids is 1. The number of amides is 1. The molecule has 0 aliphatic carbocycles. The first-order valence-electron chi connectivity index (χ1n) is 10.4. The zero-order valence-corrected chi connectivity index (χ0v) is 18.5. The van der Waals surface area contributed by atoms with Gasteiger partial charge in [-0.3, -0.25) is 9.59 Å². The minimum absolute atomic E-state index is 0.0772. The van der Waals surface area contributed by atoms with Gasteiger partial charge in [0.15, 0.2) is 11.5 Å². The van der Waals surface area contributed by atoms with E-state index in [0.29, 0.717) is 42.2 Å². The van der Waals surface area contributed by atoms with Crippen molar-refractivity contribution in [3.8, 4) is 11.5 Å². The number of aromatic nitrogens is 1. The number of benzene rings is 1. The van der Waals surface area contributed by atoms with Gasteiger partial charge in [-0.05, 0) is 30.5 Å². The van der Waals surface area contributed by atoms with E-state index in [4.69, 9.17) is 21.7 Å². The van der Waals surface area contributed by atoms with E-state index in [0.717, 1.165) is 36.1 Å². The smallest absolute Gasteiger partial charge is 0.250 e. The Morgan fingerprint density at radius 1 is 1.13 bits per heavy atom. The zero-order chi connectivity index (χ0) is 21.4. The van der Waals surface area contributed by atoms with Gasteiger partial charge in [0.25, 0.3) is 5.56 Å². The SMILES string of the molecule is O=C(CSC(=S)N1C[C@H]2C[C@H](C1)c1cccc(=O)n1C2)Nc1ccc2c(c1)OCCO2. The summed E-state index contributed by atoms with van der Waals surface area (Å²) < 4.78 is 13.7. The van der Waals surface area contributed by atoms with Crippen molar-refractivity contribution < 1.29 is 14.3 Å². The Bertz CT molecular complexity index is 1090. The van der Waals surface area contributed by atoms with Crippen LogP contribution in [0, 0.1) is 5.92 Å². The van der Waals surface area contributed by atoms with Crippen LogP contribution in [0.25, 0.3) is 0 Å². The zero-order valence-electron chi connectivity index (χ0n) is 16.9. The fourth-order valence-corrected chi connectivity index (χ4v) is 5.57. The van der Waals surface area contributed by atoms with E-state index in [2.05, 4.69) is 10.2 Å². The van der Waals surface area contributed by atoms with Gasteiger partial charge in [-0.1, -0.05) is 30.0 Å². The van der Waals surface area contributed by atoms with Crippen LogP contribution in [0.1, 0.15) is 18.0 Å². The minimum Gasteiger partial charge on any atom is -0.486 e. The van der Waals surface area contributed by atoms with Crippen molar-refractivity contribution in [1.82, 2.24) is 9.47 Å². The molecule has 2 atom stereocenters. The third-order valence-electron chi connectivity index (χ3n) is 5.89. The minimum atomic E-state index is -0.113. The molecule has 0 unspecified atom stereocenters. The van der Waals surface area contributed by atoms with E-state index in [9.17, 15) is 9.59 Å². The number of rotatable bonds is 3. The monoisotopic (exact) mass is 457 g/mol. The summed E-state index contributed by atoms with van der Waals surface area (Å²) in [5.74, 6) is 2.17. The molecule has 5 rings (SSSR count). The lowest BCUT2D eigenvalue weighted by atomic mass is 9.83. The second kappa shape index (κ2) is 8.55. The van der Waals surface area contributed by atoms with Gasteiger partial charge in [-0.2, -0.15) is 0 Å². The number of thiocarbonyl (C=S) groups is 1. The van der Waals surface area contributed by atoms with Gasteiger partial charge < -0.3 is 24.3 Å². The van der Waals surface area contributed by atoms with Gasteiger partial charge in [-0.15, -0.1) is 0 Å². The quantitative estimate of drug-likeness (QED) is 0.711. The fourth-order valence-electron chi connectivity index (χ4n) is 4.58. The fraction of sp³-hybridized carbons (Fsp3) is 0.409. The molecule has 0 radical (unpaired) electrons. The van der Waals surface area contributed by atoms with E-state index in [1.165, 1.54) is 11.8 Å². The highest BCUT2D eigenvalue weighted by atomic mass is 32.2. The summed E-state index contributed by atoms with van der Waals surface area (Å²) in [4.78, 5) is 26.8. The highest BCUT2D eigenvalue weighted by Gasteiger charge is 2.35. The summed E-state index contributed by atoms with van der Waals surface area (Å²) in [5.41, 5.74) is 1.85. The van der Waals surface area contributed by atoms with E-state index in [-0.39, 0.29) is 17.2 Å². The Labute approximate surface area is 189 Å². The number of carbonyl (C=O) groups is 1.